The summed E-state index contributed by atoms with van der Waals surface area (Å²) >= 11 is 0. The molecule has 0 unspecified atom stereocenters. The van der Waals surface area contributed by atoms with Gasteiger partial charge in [0.15, 0.2) is 16.9 Å². The van der Waals surface area contributed by atoms with Gasteiger partial charge in [-0.2, -0.15) is 4.68 Å². The highest BCUT2D eigenvalue weighted by molar-refractivity contribution is 5.96. The lowest BCUT2D eigenvalue weighted by Crippen LogP contribution is -2.25. The lowest BCUT2D eigenvalue weighted by atomic mass is 10.1. The molecule has 0 aliphatic carbocycles. The number of nitrogens with zero attached hydrogens (tertiary/aromatic N) is 5. The van der Waals surface area contributed by atoms with Gasteiger partial charge in [0.2, 0.25) is 0 Å². The molecule has 0 aliphatic heterocycles. The van der Waals surface area contributed by atoms with Crippen molar-refractivity contribution < 1.29 is 9.53 Å². The van der Waals surface area contributed by atoms with E-state index in [-0.39, 0.29) is 17.8 Å². The Bertz CT molecular complexity index is 1220. The molecule has 0 radical (unpaired) electrons. The summed E-state index contributed by atoms with van der Waals surface area (Å²) in [5, 5.41) is 8.03. The number of rotatable bonds is 5. The number of ketones is 1. The number of hydrogen-bond acceptors (Lipinski definition) is 6. The summed E-state index contributed by atoms with van der Waals surface area (Å²) in [4.78, 5) is 29.5. The van der Waals surface area contributed by atoms with Gasteiger partial charge in [0, 0.05) is 5.56 Å². The molecular formula is C20H17N5O3. The van der Waals surface area contributed by atoms with E-state index >= 15 is 0 Å². The quantitative estimate of drug-likeness (QED) is 0.497. The molecule has 2 heterocycles. The van der Waals surface area contributed by atoms with Gasteiger partial charge in [-0.1, -0.05) is 17.3 Å². The van der Waals surface area contributed by atoms with Crippen LogP contribution in [0.3, 0.4) is 0 Å². The molecule has 0 aliphatic rings. The predicted octanol–water partition coefficient (Wildman–Crippen LogP) is 2.18. The maximum Gasteiger partial charge on any atom is 0.283 e. The van der Waals surface area contributed by atoms with Gasteiger partial charge in [-0.3, -0.25) is 14.2 Å². The second kappa shape index (κ2) is 7.07. The molecule has 0 spiro atoms. The number of methoxy groups -OCH3 is 1. The zero-order chi connectivity index (χ0) is 19.7. The van der Waals surface area contributed by atoms with Crippen molar-refractivity contribution in [3.63, 3.8) is 0 Å². The summed E-state index contributed by atoms with van der Waals surface area (Å²) in [5.74, 6) is 0.446. The van der Waals surface area contributed by atoms with E-state index in [0.29, 0.717) is 17.0 Å². The average molecular weight is 375 g/mol. The highest BCUT2D eigenvalue weighted by Gasteiger charge is 2.15. The molecule has 140 valence electrons. The Balaban J connectivity index is 1.67. The fraction of sp³-hybridized carbons (Fsp3) is 0.150. The lowest BCUT2D eigenvalue weighted by Gasteiger charge is -2.06. The highest BCUT2D eigenvalue weighted by atomic mass is 16.5. The summed E-state index contributed by atoms with van der Waals surface area (Å²) in [6.45, 7) is 1.83. The zero-order valence-electron chi connectivity index (χ0n) is 15.4. The molecule has 0 fully saturated rings. The lowest BCUT2D eigenvalue weighted by molar-refractivity contribution is 0.0970. The minimum absolute atomic E-state index is 0.117. The number of carbonyl (C=O) groups is 1. The second-order valence-corrected chi connectivity index (χ2v) is 6.34. The molecule has 0 saturated heterocycles. The number of ether oxygens (including phenoxy) is 1. The highest BCUT2D eigenvalue weighted by Crippen LogP contribution is 2.14. The van der Waals surface area contributed by atoms with Gasteiger partial charge in [0.1, 0.15) is 12.1 Å². The van der Waals surface area contributed by atoms with Crippen molar-refractivity contribution in [2.45, 2.75) is 13.5 Å². The summed E-state index contributed by atoms with van der Waals surface area (Å²) in [6, 6.07) is 14.4. The third kappa shape index (κ3) is 3.16. The minimum atomic E-state index is -0.411. The van der Waals surface area contributed by atoms with E-state index in [1.807, 2.05) is 31.2 Å². The van der Waals surface area contributed by atoms with E-state index < -0.39 is 5.56 Å². The molecular weight excluding hydrogens is 358 g/mol. The van der Waals surface area contributed by atoms with Gasteiger partial charge in [-0.05, 0) is 48.9 Å². The summed E-state index contributed by atoms with van der Waals surface area (Å²) in [6.07, 6.45) is 1.35. The maximum atomic E-state index is 12.7. The Morgan fingerprint density at radius 3 is 2.64 bits per heavy atom. The molecule has 4 rings (SSSR count). The minimum Gasteiger partial charge on any atom is -0.497 e. The van der Waals surface area contributed by atoms with Crippen molar-refractivity contribution in [3.05, 3.63) is 76.3 Å². The van der Waals surface area contributed by atoms with Crippen LogP contribution in [0.2, 0.25) is 0 Å². The van der Waals surface area contributed by atoms with E-state index in [9.17, 15) is 9.59 Å². The summed E-state index contributed by atoms with van der Waals surface area (Å²) in [7, 11) is 1.56. The number of fused-ring (bicyclic) bond motifs is 1. The van der Waals surface area contributed by atoms with Crippen LogP contribution >= 0.6 is 0 Å². The van der Waals surface area contributed by atoms with Gasteiger partial charge in [0.05, 0.1) is 19.3 Å². The molecule has 0 saturated carbocycles. The van der Waals surface area contributed by atoms with Crippen molar-refractivity contribution in [2.75, 3.05) is 7.11 Å². The molecule has 2 aromatic heterocycles. The topological polar surface area (TPSA) is 91.9 Å². The van der Waals surface area contributed by atoms with Crippen LogP contribution in [0.5, 0.6) is 5.75 Å². The number of carbonyl (C=O) groups excluding carboxylic acids is 1. The first kappa shape index (κ1) is 17.6. The van der Waals surface area contributed by atoms with E-state index in [1.165, 1.54) is 15.6 Å². The molecule has 4 aromatic rings. The van der Waals surface area contributed by atoms with Crippen molar-refractivity contribution in [3.8, 4) is 11.4 Å². The van der Waals surface area contributed by atoms with Gasteiger partial charge < -0.3 is 4.74 Å². The smallest absolute Gasteiger partial charge is 0.283 e. The predicted molar refractivity (Wildman–Crippen MR) is 103 cm³/mol. The molecule has 2 aromatic carbocycles. The van der Waals surface area contributed by atoms with Crippen LogP contribution in [-0.4, -0.2) is 37.4 Å². The molecule has 8 heteroatoms. The Morgan fingerprint density at radius 2 is 1.93 bits per heavy atom. The van der Waals surface area contributed by atoms with Crippen LogP contribution in [0.4, 0.5) is 0 Å². The number of aryl methyl sites for hydroxylation is 1. The average Bonchev–Trinajstić information content (AvgIpc) is 3.15. The molecule has 0 atom stereocenters. The van der Waals surface area contributed by atoms with Crippen LogP contribution in [0.25, 0.3) is 16.9 Å². The molecule has 0 bridgehead atoms. The van der Waals surface area contributed by atoms with Crippen LogP contribution in [-0.2, 0) is 6.54 Å². The van der Waals surface area contributed by atoms with Gasteiger partial charge in [0.25, 0.3) is 5.56 Å². The van der Waals surface area contributed by atoms with Crippen LogP contribution < -0.4 is 10.3 Å². The second-order valence-electron chi connectivity index (χ2n) is 6.34. The fourth-order valence-corrected chi connectivity index (χ4v) is 2.91. The largest absolute Gasteiger partial charge is 0.497 e. The normalized spacial score (nSPS) is 10.9. The van der Waals surface area contributed by atoms with Crippen molar-refractivity contribution in [1.82, 2.24) is 24.5 Å². The van der Waals surface area contributed by atoms with E-state index in [0.717, 1.165) is 11.3 Å². The molecule has 8 nitrogen and oxygen atoms in total. The van der Waals surface area contributed by atoms with Crippen LogP contribution in [0, 0.1) is 6.92 Å². The first-order chi connectivity index (χ1) is 13.6. The van der Waals surface area contributed by atoms with E-state index in [4.69, 9.17) is 4.74 Å². The zero-order valence-corrected chi connectivity index (χ0v) is 15.4. The summed E-state index contributed by atoms with van der Waals surface area (Å²) < 4.78 is 7.84. The first-order valence-corrected chi connectivity index (χ1v) is 8.62. The third-order valence-corrected chi connectivity index (χ3v) is 4.40. The van der Waals surface area contributed by atoms with Crippen molar-refractivity contribution in [1.29, 1.82) is 0 Å². The van der Waals surface area contributed by atoms with Gasteiger partial charge in [-0.15, -0.1) is 5.10 Å². The SMILES string of the molecule is COc1ccc(C(=O)Cn2cnc3c(nnn3-c3cccc(C)c3)c2=O)cc1. The number of aromatic nitrogens is 5. The van der Waals surface area contributed by atoms with Gasteiger partial charge in [-0.25, -0.2) is 4.98 Å². The monoisotopic (exact) mass is 375 g/mol. The summed E-state index contributed by atoms with van der Waals surface area (Å²) in [5.41, 5.74) is 2.36. The molecule has 28 heavy (non-hydrogen) atoms. The Kier molecular flexibility index (Phi) is 4.44. The van der Waals surface area contributed by atoms with E-state index in [1.54, 1.807) is 31.4 Å². The number of Topliss-reactive ketones (excluding diaryl/α,β-unsaturated/α-hetero) is 1. The molecule has 0 N–H and O–H groups in total. The first-order valence-electron chi connectivity index (χ1n) is 8.62. The van der Waals surface area contributed by atoms with Crippen LogP contribution in [0.1, 0.15) is 15.9 Å². The standard InChI is InChI=1S/C20H17N5O3/c1-13-4-3-5-15(10-13)25-19-18(22-23-25)20(27)24(12-21-19)11-17(26)14-6-8-16(28-2)9-7-14/h3-10,12H,11H2,1-2H3. The molecule has 0 amide bonds. The van der Waals surface area contributed by atoms with E-state index in [2.05, 4.69) is 15.3 Å². The number of benzene rings is 2. The van der Waals surface area contributed by atoms with Crippen molar-refractivity contribution >= 4 is 16.9 Å². The van der Waals surface area contributed by atoms with Crippen LogP contribution in [0.15, 0.2) is 59.7 Å². The van der Waals surface area contributed by atoms with Crippen molar-refractivity contribution in [2.24, 2.45) is 0 Å². The Labute approximate surface area is 160 Å². The Morgan fingerprint density at radius 1 is 1.14 bits per heavy atom. The maximum absolute atomic E-state index is 12.7. The Hall–Kier alpha value is -3.81. The fourth-order valence-electron chi connectivity index (χ4n) is 2.91. The third-order valence-electron chi connectivity index (χ3n) is 4.40. The van der Waals surface area contributed by atoms with Gasteiger partial charge >= 0.3 is 0 Å². The number of hydrogen-bond donors (Lipinski definition) is 0.